The summed E-state index contributed by atoms with van der Waals surface area (Å²) in [5, 5.41) is 2.37. The Bertz CT molecular complexity index is 481. The largest absolute Gasteiger partial charge is 0.484 e. The molecule has 0 atom stereocenters. The zero-order chi connectivity index (χ0) is 15.0. The van der Waals surface area contributed by atoms with Crippen LogP contribution in [0, 0.1) is 0 Å². The van der Waals surface area contributed by atoms with Gasteiger partial charge in [0, 0.05) is 5.56 Å². The molecule has 108 valence electrons. The zero-order valence-corrected chi connectivity index (χ0v) is 11.5. The molecule has 1 aromatic carbocycles. The fraction of sp³-hybridized carbons (Fsp3) is 0.357. The van der Waals surface area contributed by atoms with E-state index in [1.165, 1.54) is 6.92 Å². The summed E-state index contributed by atoms with van der Waals surface area (Å²) < 4.78 is 9.88. The molecule has 6 heteroatoms. The number of Topliss-reactive ketones (excluding diaryl/α,β-unsaturated/α-hetero) is 1. The Labute approximate surface area is 117 Å². The lowest BCUT2D eigenvalue weighted by atomic mass is 10.1. The minimum atomic E-state index is -0.494. The van der Waals surface area contributed by atoms with E-state index in [0.717, 1.165) is 0 Å². The third-order valence-corrected chi connectivity index (χ3v) is 2.37. The second-order valence-corrected chi connectivity index (χ2v) is 3.95. The van der Waals surface area contributed by atoms with Crippen LogP contribution >= 0.6 is 0 Å². The molecule has 1 aromatic rings. The number of rotatable bonds is 7. The van der Waals surface area contributed by atoms with Crippen molar-refractivity contribution >= 4 is 17.7 Å². The van der Waals surface area contributed by atoms with Crippen molar-refractivity contribution in [3.63, 3.8) is 0 Å². The van der Waals surface area contributed by atoms with Crippen molar-refractivity contribution in [3.05, 3.63) is 29.8 Å². The van der Waals surface area contributed by atoms with Crippen LogP contribution in [0.5, 0.6) is 5.75 Å². The summed E-state index contributed by atoms with van der Waals surface area (Å²) in [6.45, 7) is 3.04. The van der Waals surface area contributed by atoms with Gasteiger partial charge in [0.15, 0.2) is 12.4 Å². The monoisotopic (exact) mass is 279 g/mol. The van der Waals surface area contributed by atoms with E-state index in [2.05, 4.69) is 10.1 Å². The molecule has 0 spiro atoms. The summed E-state index contributed by atoms with van der Waals surface area (Å²) in [4.78, 5) is 33.5. The van der Waals surface area contributed by atoms with Gasteiger partial charge in [0.05, 0.1) is 6.61 Å². The van der Waals surface area contributed by atoms with Gasteiger partial charge < -0.3 is 14.8 Å². The lowest BCUT2D eigenvalue weighted by Crippen LogP contribution is -2.34. The smallest absolute Gasteiger partial charge is 0.325 e. The average Bonchev–Trinajstić information content (AvgIpc) is 2.43. The molecule has 0 saturated heterocycles. The van der Waals surface area contributed by atoms with Gasteiger partial charge in [-0.2, -0.15) is 0 Å². The SMILES string of the molecule is CCOC(=O)CNC(=O)COc1ccc(C(C)=O)cc1. The zero-order valence-electron chi connectivity index (χ0n) is 11.5. The van der Waals surface area contributed by atoms with Gasteiger partial charge in [0.2, 0.25) is 0 Å². The van der Waals surface area contributed by atoms with E-state index in [-0.39, 0.29) is 25.5 Å². The van der Waals surface area contributed by atoms with E-state index in [0.29, 0.717) is 11.3 Å². The first kappa shape index (κ1) is 15.7. The Morgan fingerprint density at radius 2 is 1.80 bits per heavy atom. The predicted molar refractivity (Wildman–Crippen MR) is 71.6 cm³/mol. The minimum absolute atomic E-state index is 0.0382. The first-order valence-corrected chi connectivity index (χ1v) is 6.19. The van der Waals surface area contributed by atoms with Gasteiger partial charge >= 0.3 is 5.97 Å². The topological polar surface area (TPSA) is 81.7 Å². The van der Waals surface area contributed by atoms with Crippen LogP contribution in [0.2, 0.25) is 0 Å². The van der Waals surface area contributed by atoms with Crippen LogP contribution in [0.3, 0.4) is 0 Å². The Hall–Kier alpha value is -2.37. The molecule has 0 bridgehead atoms. The first-order chi connectivity index (χ1) is 9.52. The highest BCUT2D eigenvalue weighted by atomic mass is 16.5. The Morgan fingerprint density at radius 1 is 1.15 bits per heavy atom. The number of amides is 1. The molecule has 0 aliphatic rings. The van der Waals surface area contributed by atoms with Crippen LogP contribution in [-0.2, 0) is 14.3 Å². The van der Waals surface area contributed by atoms with Crippen molar-refractivity contribution in [3.8, 4) is 5.75 Å². The highest BCUT2D eigenvalue weighted by Gasteiger charge is 2.07. The standard InChI is InChI=1S/C14H17NO5/c1-3-19-14(18)8-15-13(17)9-20-12-6-4-11(5-7-12)10(2)16/h4-7H,3,8-9H2,1-2H3,(H,15,17). The highest BCUT2D eigenvalue weighted by Crippen LogP contribution is 2.12. The summed E-state index contributed by atoms with van der Waals surface area (Å²) >= 11 is 0. The molecule has 0 heterocycles. The van der Waals surface area contributed by atoms with Crippen molar-refractivity contribution < 1.29 is 23.9 Å². The average molecular weight is 279 g/mol. The summed E-state index contributed by atoms with van der Waals surface area (Å²) in [6.07, 6.45) is 0. The van der Waals surface area contributed by atoms with Gasteiger partial charge in [0.25, 0.3) is 5.91 Å². The molecule has 0 saturated carbocycles. The van der Waals surface area contributed by atoms with Crippen LogP contribution in [0.1, 0.15) is 24.2 Å². The number of benzene rings is 1. The Morgan fingerprint density at radius 3 is 2.35 bits per heavy atom. The minimum Gasteiger partial charge on any atom is -0.484 e. The van der Waals surface area contributed by atoms with Crippen LogP contribution < -0.4 is 10.1 Å². The van der Waals surface area contributed by atoms with Gasteiger partial charge in [-0.25, -0.2) is 0 Å². The number of ketones is 1. The fourth-order valence-corrected chi connectivity index (χ4v) is 1.37. The van der Waals surface area contributed by atoms with Crippen molar-refractivity contribution in [2.45, 2.75) is 13.8 Å². The molecule has 1 N–H and O–H groups in total. The summed E-state index contributed by atoms with van der Waals surface area (Å²) in [5.41, 5.74) is 0.573. The lowest BCUT2D eigenvalue weighted by Gasteiger charge is -2.07. The molecular formula is C14H17NO5. The Kier molecular flexibility index (Phi) is 6.22. The number of carbonyl (C=O) groups excluding carboxylic acids is 3. The number of hydrogen-bond donors (Lipinski definition) is 1. The van der Waals surface area contributed by atoms with Gasteiger partial charge in [-0.15, -0.1) is 0 Å². The maximum Gasteiger partial charge on any atom is 0.325 e. The van der Waals surface area contributed by atoms with E-state index in [1.807, 2.05) is 0 Å². The van der Waals surface area contributed by atoms with Gasteiger partial charge in [-0.05, 0) is 38.1 Å². The van der Waals surface area contributed by atoms with Crippen LogP contribution in [-0.4, -0.2) is 37.4 Å². The number of ether oxygens (including phenoxy) is 2. The molecule has 0 aliphatic heterocycles. The number of nitrogens with one attached hydrogen (secondary N) is 1. The third-order valence-electron chi connectivity index (χ3n) is 2.37. The van der Waals surface area contributed by atoms with Gasteiger partial charge in [-0.3, -0.25) is 14.4 Å². The van der Waals surface area contributed by atoms with E-state index >= 15 is 0 Å². The van der Waals surface area contributed by atoms with Crippen molar-refractivity contribution in [1.82, 2.24) is 5.32 Å². The van der Waals surface area contributed by atoms with Crippen LogP contribution in [0.4, 0.5) is 0 Å². The van der Waals surface area contributed by atoms with Crippen molar-refractivity contribution in [2.75, 3.05) is 19.8 Å². The molecule has 1 rings (SSSR count). The van der Waals surface area contributed by atoms with Crippen LogP contribution in [0.25, 0.3) is 0 Å². The first-order valence-electron chi connectivity index (χ1n) is 6.19. The molecule has 0 radical (unpaired) electrons. The Balaban J connectivity index is 2.33. The molecule has 0 unspecified atom stereocenters. The summed E-state index contributed by atoms with van der Waals surface area (Å²) in [5.74, 6) is -0.481. The van der Waals surface area contributed by atoms with Crippen molar-refractivity contribution in [1.29, 1.82) is 0 Å². The number of esters is 1. The third kappa shape index (κ3) is 5.51. The van der Waals surface area contributed by atoms with E-state index in [1.54, 1.807) is 31.2 Å². The second-order valence-electron chi connectivity index (χ2n) is 3.95. The van der Waals surface area contributed by atoms with Gasteiger partial charge in [-0.1, -0.05) is 0 Å². The molecule has 1 amide bonds. The molecule has 0 aromatic heterocycles. The number of carbonyl (C=O) groups is 3. The van der Waals surface area contributed by atoms with Crippen molar-refractivity contribution in [2.24, 2.45) is 0 Å². The van der Waals surface area contributed by atoms with E-state index in [4.69, 9.17) is 4.74 Å². The van der Waals surface area contributed by atoms with E-state index < -0.39 is 11.9 Å². The lowest BCUT2D eigenvalue weighted by molar-refractivity contribution is -0.143. The van der Waals surface area contributed by atoms with Crippen LogP contribution in [0.15, 0.2) is 24.3 Å². The molecule has 0 fully saturated rings. The maximum absolute atomic E-state index is 11.4. The fourth-order valence-electron chi connectivity index (χ4n) is 1.37. The molecule has 0 aliphatic carbocycles. The molecule has 6 nitrogen and oxygen atoms in total. The summed E-state index contributed by atoms with van der Waals surface area (Å²) in [6, 6.07) is 6.45. The second kappa shape index (κ2) is 7.93. The quantitative estimate of drug-likeness (QED) is 0.593. The summed E-state index contributed by atoms with van der Waals surface area (Å²) in [7, 11) is 0. The highest BCUT2D eigenvalue weighted by molar-refractivity contribution is 5.94. The van der Waals surface area contributed by atoms with Gasteiger partial charge in [0.1, 0.15) is 12.3 Å². The number of hydrogen-bond acceptors (Lipinski definition) is 5. The molecule has 20 heavy (non-hydrogen) atoms. The van der Waals surface area contributed by atoms with E-state index in [9.17, 15) is 14.4 Å². The normalized spacial score (nSPS) is 9.70. The maximum atomic E-state index is 11.4. The predicted octanol–water partition coefficient (Wildman–Crippen LogP) is 0.947. The molecular weight excluding hydrogens is 262 g/mol.